The van der Waals surface area contributed by atoms with E-state index in [0.717, 1.165) is 12.5 Å². The fourth-order valence-electron chi connectivity index (χ4n) is 1.82. The molecule has 0 amide bonds. The molecular weight excluding hydrogens is 324 g/mol. The second-order valence-electron chi connectivity index (χ2n) is 6.31. The maximum atomic E-state index is 11.9. The minimum Gasteiger partial charge on any atom is -0.383 e. The Bertz CT molecular complexity index is 733. The number of benzene rings is 1. The number of hydrogen-bond donors (Lipinski definition) is 2. The van der Waals surface area contributed by atoms with Crippen LogP contribution in [0.2, 0.25) is 0 Å². The molecule has 8 heteroatoms. The molecule has 22 heavy (non-hydrogen) atoms. The molecule has 1 rings (SSSR count). The maximum Gasteiger partial charge on any atom is 0.177 e. The van der Waals surface area contributed by atoms with Crippen LogP contribution in [0.25, 0.3) is 0 Å². The first kappa shape index (κ1) is 18.9. The van der Waals surface area contributed by atoms with Crippen LogP contribution in [0.5, 0.6) is 0 Å². The van der Waals surface area contributed by atoms with Crippen molar-refractivity contribution in [2.24, 2.45) is 0 Å². The highest BCUT2D eigenvalue weighted by Gasteiger charge is 2.18. The van der Waals surface area contributed by atoms with Crippen molar-refractivity contribution >= 4 is 25.4 Å². The number of hydrogen-bond acceptors (Lipinski definition) is 6. The summed E-state index contributed by atoms with van der Waals surface area (Å²) in [5.41, 5.74) is 0.382. The van der Waals surface area contributed by atoms with Crippen molar-refractivity contribution in [3.63, 3.8) is 0 Å². The fraction of sp³-hybridized carbons (Fsp3) is 0.571. The highest BCUT2D eigenvalue weighted by molar-refractivity contribution is 7.91. The highest BCUT2D eigenvalue weighted by Crippen LogP contribution is 2.24. The Balaban J connectivity index is 3.01. The van der Waals surface area contributed by atoms with Gasteiger partial charge in [-0.15, -0.1) is 0 Å². The van der Waals surface area contributed by atoms with Gasteiger partial charge in [0.2, 0.25) is 0 Å². The fourth-order valence-corrected chi connectivity index (χ4v) is 3.42. The van der Waals surface area contributed by atoms with Gasteiger partial charge in [0, 0.05) is 31.1 Å². The largest absolute Gasteiger partial charge is 0.383 e. The molecule has 0 heterocycles. The number of sulfone groups is 2. The molecule has 6 nitrogen and oxygen atoms in total. The first-order valence-corrected chi connectivity index (χ1v) is 10.6. The lowest BCUT2D eigenvalue weighted by atomic mass is 10.1. The van der Waals surface area contributed by atoms with Crippen LogP contribution in [-0.4, -0.2) is 48.0 Å². The molecule has 0 aliphatic heterocycles. The van der Waals surface area contributed by atoms with E-state index in [0.29, 0.717) is 18.8 Å². The third-order valence-electron chi connectivity index (χ3n) is 2.88. The third-order valence-corrected chi connectivity index (χ3v) is 5.12. The van der Waals surface area contributed by atoms with Crippen LogP contribution in [0.4, 0.5) is 5.69 Å². The molecule has 1 aromatic rings. The molecule has 0 aromatic heterocycles. The second kappa shape index (κ2) is 6.55. The van der Waals surface area contributed by atoms with Crippen molar-refractivity contribution < 1.29 is 16.8 Å². The normalized spacial score (nSPS) is 13.1. The van der Waals surface area contributed by atoms with Gasteiger partial charge in [0.1, 0.15) is 0 Å². The summed E-state index contributed by atoms with van der Waals surface area (Å²) in [6.45, 7) is 7.29. The Morgan fingerprint density at radius 2 is 1.55 bits per heavy atom. The van der Waals surface area contributed by atoms with E-state index in [9.17, 15) is 16.8 Å². The summed E-state index contributed by atoms with van der Waals surface area (Å²) in [5, 5.41) is 6.31. The molecule has 0 aliphatic carbocycles. The van der Waals surface area contributed by atoms with Gasteiger partial charge in [-0.2, -0.15) is 0 Å². The van der Waals surface area contributed by atoms with E-state index in [4.69, 9.17) is 0 Å². The SMILES string of the molecule is CC(C)(C)NCCNc1ccc(S(C)(=O)=O)cc1S(C)(=O)=O. The quantitative estimate of drug-likeness (QED) is 0.753. The van der Waals surface area contributed by atoms with Crippen molar-refractivity contribution in [2.45, 2.75) is 36.1 Å². The van der Waals surface area contributed by atoms with Crippen molar-refractivity contribution in [1.29, 1.82) is 0 Å². The zero-order chi connectivity index (χ0) is 17.2. The van der Waals surface area contributed by atoms with E-state index in [2.05, 4.69) is 10.6 Å². The Labute approximate surface area is 133 Å². The lowest BCUT2D eigenvalue weighted by Crippen LogP contribution is -2.38. The zero-order valence-electron chi connectivity index (χ0n) is 13.6. The predicted molar refractivity (Wildman–Crippen MR) is 88.9 cm³/mol. The van der Waals surface area contributed by atoms with Gasteiger partial charge in [-0.3, -0.25) is 0 Å². The summed E-state index contributed by atoms with van der Waals surface area (Å²) in [6.07, 6.45) is 2.11. The third kappa shape index (κ3) is 5.94. The van der Waals surface area contributed by atoms with Gasteiger partial charge < -0.3 is 10.6 Å². The Hall–Kier alpha value is -1.12. The molecule has 0 atom stereocenters. The van der Waals surface area contributed by atoms with Gasteiger partial charge in [-0.05, 0) is 39.0 Å². The predicted octanol–water partition coefficient (Wildman–Crippen LogP) is 1.29. The molecule has 1 aromatic carbocycles. The van der Waals surface area contributed by atoms with E-state index < -0.39 is 19.7 Å². The van der Waals surface area contributed by atoms with Crippen molar-refractivity contribution in [3.8, 4) is 0 Å². The first-order valence-electron chi connectivity index (χ1n) is 6.84. The lowest BCUT2D eigenvalue weighted by Gasteiger charge is -2.21. The van der Waals surface area contributed by atoms with E-state index in [1.807, 2.05) is 20.8 Å². The van der Waals surface area contributed by atoms with Crippen molar-refractivity contribution in [3.05, 3.63) is 18.2 Å². The summed E-state index contributed by atoms with van der Waals surface area (Å²) < 4.78 is 46.9. The standard InChI is InChI=1S/C14H24N2O4S2/c1-14(2,3)16-9-8-15-12-7-6-11(21(4,17)18)10-13(12)22(5,19)20/h6-7,10,15-16H,8-9H2,1-5H3. The lowest BCUT2D eigenvalue weighted by molar-refractivity contribution is 0.435. The van der Waals surface area contributed by atoms with Crippen LogP contribution in [0.1, 0.15) is 20.8 Å². The monoisotopic (exact) mass is 348 g/mol. The summed E-state index contributed by atoms with van der Waals surface area (Å²) in [4.78, 5) is -0.0162. The minimum absolute atomic E-state index is 0.00806. The molecule has 0 fully saturated rings. The van der Waals surface area contributed by atoms with Crippen LogP contribution in [0, 0.1) is 0 Å². The van der Waals surface area contributed by atoms with E-state index >= 15 is 0 Å². The van der Waals surface area contributed by atoms with Gasteiger partial charge in [-0.1, -0.05) is 0 Å². The Morgan fingerprint density at radius 1 is 0.955 bits per heavy atom. The molecular formula is C14H24N2O4S2. The summed E-state index contributed by atoms with van der Waals surface area (Å²) in [7, 11) is -6.98. The van der Waals surface area contributed by atoms with E-state index in [1.54, 1.807) is 0 Å². The molecule has 0 saturated carbocycles. The topological polar surface area (TPSA) is 92.3 Å². The molecule has 0 spiro atoms. The molecule has 0 radical (unpaired) electrons. The average Bonchev–Trinajstić information content (AvgIpc) is 2.31. The minimum atomic E-state index is -3.53. The van der Waals surface area contributed by atoms with Crippen molar-refractivity contribution in [1.82, 2.24) is 5.32 Å². The Morgan fingerprint density at radius 3 is 2.00 bits per heavy atom. The van der Waals surface area contributed by atoms with E-state index in [-0.39, 0.29) is 15.3 Å². The van der Waals surface area contributed by atoms with Crippen LogP contribution in [-0.2, 0) is 19.7 Å². The Kier molecular flexibility index (Phi) is 5.64. The van der Waals surface area contributed by atoms with E-state index in [1.165, 1.54) is 18.2 Å². The molecule has 0 aliphatic rings. The summed E-state index contributed by atoms with van der Waals surface area (Å²) in [5.74, 6) is 0. The second-order valence-corrected chi connectivity index (χ2v) is 10.3. The molecule has 2 N–H and O–H groups in total. The van der Waals surface area contributed by atoms with Gasteiger partial charge >= 0.3 is 0 Å². The van der Waals surface area contributed by atoms with Crippen LogP contribution >= 0.6 is 0 Å². The van der Waals surface area contributed by atoms with Gasteiger partial charge in [0.15, 0.2) is 19.7 Å². The average molecular weight is 348 g/mol. The molecule has 0 unspecified atom stereocenters. The number of rotatable bonds is 6. The van der Waals surface area contributed by atoms with Crippen molar-refractivity contribution in [2.75, 3.05) is 30.9 Å². The summed E-state index contributed by atoms with van der Waals surface area (Å²) >= 11 is 0. The van der Waals surface area contributed by atoms with Crippen LogP contribution < -0.4 is 10.6 Å². The first-order chi connectivity index (χ1) is 9.81. The maximum absolute atomic E-state index is 11.9. The number of nitrogens with one attached hydrogen (secondary N) is 2. The number of anilines is 1. The summed E-state index contributed by atoms with van der Waals surface area (Å²) in [6, 6.07) is 4.09. The molecule has 0 saturated heterocycles. The van der Waals surface area contributed by atoms with Gasteiger partial charge in [-0.25, -0.2) is 16.8 Å². The zero-order valence-corrected chi connectivity index (χ0v) is 15.2. The highest BCUT2D eigenvalue weighted by atomic mass is 32.2. The van der Waals surface area contributed by atoms with Gasteiger partial charge in [0.25, 0.3) is 0 Å². The van der Waals surface area contributed by atoms with Crippen LogP contribution in [0.3, 0.4) is 0 Å². The van der Waals surface area contributed by atoms with Crippen LogP contribution in [0.15, 0.2) is 28.0 Å². The molecule has 126 valence electrons. The smallest absolute Gasteiger partial charge is 0.177 e. The molecule has 0 bridgehead atoms. The van der Waals surface area contributed by atoms with Gasteiger partial charge in [0.05, 0.1) is 15.5 Å².